The number of aromatic nitrogens is 2. The molecule has 1 aromatic heterocycles. The summed E-state index contributed by atoms with van der Waals surface area (Å²) < 4.78 is 13.3. The van der Waals surface area contributed by atoms with Gasteiger partial charge in [-0.1, -0.05) is 18.2 Å². The van der Waals surface area contributed by atoms with E-state index in [1.54, 1.807) is 36.4 Å². The van der Waals surface area contributed by atoms with Crippen LogP contribution in [0.2, 0.25) is 0 Å². The van der Waals surface area contributed by atoms with Gasteiger partial charge in [-0.2, -0.15) is 4.98 Å². The number of benzene rings is 2. The van der Waals surface area contributed by atoms with E-state index in [0.29, 0.717) is 22.8 Å². The van der Waals surface area contributed by atoms with Crippen molar-refractivity contribution in [3.8, 4) is 0 Å². The first kappa shape index (κ1) is 20.2. The fraction of sp³-hybridized carbons (Fsp3) is 0.143. The van der Waals surface area contributed by atoms with Crippen molar-refractivity contribution in [2.24, 2.45) is 0 Å². The number of rotatable bonds is 7. The highest BCUT2D eigenvalue weighted by atomic mass is 19.1. The van der Waals surface area contributed by atoms with Gasteiger partial charge in [-0.3, -0.25) is 4.79 Å². The molecule has 0 spiro atoms. The van der Waals surface area contributed by atoms with Crippen molar-refractivity contribution in [3.05, 3.63) is 72.2 Å². The summed E-state index contributed by atoms with van der Waals surface area (Å²) in [6.07, 6.45) is 0.621. The highest BCUT2D eigenvalue weighted by molar-refractivity contribution is 6.19. The van der Waals surface area contributed by atoms with Gasteiger partial charge in [0, 0.05) is 18.4 Å². The molecule has 0 radical (unpaired) electrons. The number of anilines is 4. The van der Waals surface area contributed by atoms with E-state index in [9.17, 15) is 19.1 Å². The summed E-state index contributed by atoms with van der Waals surface area (Å²) in [4.78, 5) is 33.3. The van der Waals surface area contributed by atoms with Crippen LogP contribution in [-0.2, 0) is 4.79 Å². The number of aliphatic hydroxyl groups excluding tert-OH is 1. The average molecular weight is 422 g/mol. The Balaban J connectivity index is 1.42. The van der Waals surface area contributed by atoms with Crippen LogP contribution in [0.25, 0.3) is 0 Å². The van der Waals surface area contributed by atoms with Crippen LogP contribution >= 0.6 is 0 Å². The fourth-order valence-electron chi connectivity index (χ4n) is 3.09. The standard InChI is InChI=1S/C21H19FN6O3/c22-14-4-1-3-13(9-14)17(29)11-24-18-7-8-23-20(27-18)26-15-5-2-6-16(10-15)28-19(30)12-25-21(28)31/h1-10,17,29H,11-12H2,(H,25,31)(H2,23,24,26,27). The molecule has 0 bridgehead atoms. The Kier molecular flexibility index (Phi) is 5.72. The van der Waals surface area contributed by atoms with Gasteiger partial charge in [0.1, 0.15) is 11.6 Å². The van der Waals surface area contributed by atoms with E-state index < -0.39 is 18.0 Å². The third-order valence-corrected chi connectivity index (χ3v) is 4.57. The zero-order valence-corrected chi connectivity index (χ0v) is 16.2. The first-order valence-corrected chi connectivity index (χ1v) is 9.48. The molecule has 1 fully saturated rings. The first-order chi connectivity index (χ1) is 15.0. The molecule has 1 saturated heterocycles. The molecular formula is C21H19FN6O3. The van der Waals surface area contributed by atoms with Crippen molar-refractivity contribution in [3.63, 3.8) is 0 Å². The molecule has 4 rings (SSSR count). The number of imide groups is 1. The van der Waals surface area contributed by atoms with Crippen LogP contribution in [0.15, 0.2) is 60.8 Å². The number of urea groups is 1. The fourth-order valence-corrected chi connectivity index (χ4v) is 3.09. The topological polar surface area (TPSA) is 119 Å². The molecule has 0 saturated carbocycles. The highest BCUT2D eigenvalue weighted by Gasteiger charge is 2.29. The summed E-state index contributed by atoms with van der Waals surface area (Å²) in [6.45, 7) is 0.0936. The second kappa shape index (κ2) is 8.76. The quantitative estimate of drug-likeness (QED) is 0.432. The maximum absolute atomic E-state index is 13.3. The largest absolute Gasteiger partial charge is 0.387 e. The number of hydrogen-bond acceptors (Lipinski definition) is 7. The van der Waals surface area contributed by atoms with Crippen LogP contribution < -0.4 is 20.9 Å². The average Bonchev–Trinajstić information content (AvgIpc) is 3.10. The van der Waals surface area contributed by atoms with Gasteiger partial charge in [0.2, 0.25) is 5.95 Å². The van der Waals surface area contributed by atoms with E-state index in [0.717, 1.165) is 4.90 Å². The predicted molar refractivity (Wildman–Crippen MR) is 112 cm³/mol. The number of nitrogens with one attached hydrogen (secondary N) is 3. The highest BCUT2D eigenvalue weighted by Crippen LogP contribution is 2.23. The summed E-state index contributed by atoms with van der Waals surface area (Å²) in [5.41, 5.74) is 1.47. The molecule has 10 heteroatoms. The van der Waals surface area contributed by atoms with Gasteiger partial charge in [-0.15, -0.1) is 0 Å². The number of hydrogen-bond donors (Lipinski definition) is 4. The van der Waals surface area contributed by atoms with E-state index in [-0.39, 0.29) is 24.9 Å². The smallest absolute Gasteiger partial charge is 0.329 e. The number of carbonyl (C=O) groups excluding carboxylic acids is 2. The molecule has 2 heterocycles. The third-order valence-electron chi connectivity index (χ3n) is 4.57. The van der Waals surface area contributed by atoms with E-state index >= 15 is 0 Å². The van der Waals surface area contributed by atoms with Gasteiger partial charge in [0.25, 0.3) is 5.91 Å². The minimum Gasteiger partial charge on any atom is -0.387 e. The summed E-state index contributed by atoms with van der Waals surface area (Å²) in [5.74, 6) is -0.0142. The van der Waals surface area contributed by atoms with E-state index in [2.05, 4.69) is 25.9 Å². The van der Waals surface area contributed by atoms with Crippen LogP contribution in [0, 0.1) is 5.82 Å². The normalized spacial score (nSPS) is 14.3. The molecule has 1 aliphatic heterocycles. The van der Waals surface area contributed by atoms with Gasteiger partial charge in [0.05, 0.1) is 18.3 Å². The first-order valence-electron chi connectivity index (χ1n) is 9.48. The van der Waals surface area contributed by atoms with Crippen molar-refractivity contribution in [1.82, 2.24) is 15.3 Å². The van der Waals surface area contributed by atoms with Crippen LogP contribution in [0.5, 0.6) is 0 Å². The Morgan fingerprint density at radius 2 is 2.00 bits per heavy atom. The minimum atomic E-state index is -0.914. The number of amides is 3. The maximum Gasteiger partial charge on any atom is 0.329 e. The Morgan fingerprint density at radius 1 is 1.16 bits per heavy atom. The molecular weight excluding hydrogens is 403 g/mol. The van der Waals surface area contributed by atoms with E-state index in [1.165, 1.54) is 24.4 Å². The molecule has 2 aromatic carbocycles. The van der Waals surface area contributed by atoms with Gasteiger partial charge < -0.3 is 21.1 Å². The lowest BCUT2D eigenvalue weighted by Crippen LogP contribution is -2.30. The third kappa shape index (κ3) is 4.75. The molecule has 31 heavy (non-hydrogen) atoms. The Bertz CT molecular complexity index is 1110. The van der Waals surface area contributed by atoms with Crippen LogP contribution in [0.3, 0.4) is 0 Å². The monoisotopic (exact) mass is 422 g/mol. The number of aliphatic hydroxyl groups is 1. The molecule has 3 aromatic rings. The summed E-state index contributed by atoms with van der Waals surface area (Å²) in [6, 6.07) is 13.7. The Hall–Kier alpha value is -4.05. The Morgan fingerprint density at radius 3 is 2.77 bits per heavy atom. The molecule has 3 amide bonds. The number of nitrogens with zero attached hydrogens (tertiary/aromatic N) is 3. The molecule has 4 N–H and O–H groups in total. The zero-order valence-electron chi connectivity index (χ0n) is 16.2. The van der Waals surface area contributed by atoms with Gasteiger partial charge in [0.15, 0.2) is 0 Å². The summed E-state index contributed by atoms with van der Waals surface area (Å²) in [7, 11) is 0. The van der Waals surface area contributed by atoms with Crippen molar-refractivity contribution in [2.75, 3.05) is 28.6 Å². The lowest BCUT2D eigenvalue weighted by Gasteiger charge is -2.15. The molecule has 1 unspecified atom stereocenters. The SMILES string of the molecule is O=C1CNC(=O)N1c1cccc(Nc2nccc(NCC(O)c3cccc(F)c3)n2)c1. The number of halogens is 1. The second-order valence-corrected chi connectivity index (χ2v) is 6.78. The van der Waals surface area contributed by atoms with E-state index in [1.807, 2.05) is 0 Å². The van der Waals surface area contributed by atoms with Crippen molar-refractivity contribution in [2.45, 2.75) is 6.10 Å². The predicted octanol–water partition coefficient (Wildman–Crippen LogP) is 2.56. The van der Waals surface area contributed by atoms with Crippen molar-refractivity contribution < 1.29 is 19.1 Å². The van der Waals surface area contributed by atoms with Gasteiger partial charge in [-0.25, -0.2) is 19.1 Å². The summed E-state index contributed by atoms with van der Waals surface area (Å²) >= 11 is 0. The van der Waals surface area contributed by atoms with Crippen molar-refractivity contribution in [1.29, 1.82) is 0 Å². The molecule has 1 atom stereocenters. The molecule has 9 nitrogen and oxygen atoms in total. The molecule has 158 valence electrons. The van der Waals surface area contributed by atoms with Crippen LogP contribution in [0.4, 0.5) is 32.3 Å². The van der Waals surface area contributed by atoms with Gasteiger partial charge >= 0.3 is 6.03 Å². The minimum absolute atomic E-state index is 0.0329. The molecule has 1 aliphatic rings. The van der Waals surface area contributed by atoms with Crippen LogP contribution in [0.1, 0.15) is 11.7 Å². The maximum atomic E-state index is 13.3. The van der Waals surface area contributed by atoms with Crippen molar-refractivity contribution >= 4 is 35.1 Å². The van der Waals surface area contributed by atoms with E-state index in [4.69, 9.17) is 0 Å². The number of carbonyl (C=O) groups is 2. The summed E-state index contributed by atoms with van der Waals surface area (Å²) in [5, 5.41) is 18.7. The zero-order chi connectivity index (χ0) is 21.8. The van der Waals surface area contributed by atoms with Crippen LogP contribution in [-0.4, -0.2) is 40.1 Å². The lowest BCUT2D eigenvalue weighted by atomic mass is 10.1. The second-order valence-electron chi connectivity index (χ2n) is 6.78. The van der Waals surface area contributed by atoms with Gasteiger partial charge in [-0.05, 0) is 42.0 Å². The lowest BCUT2D eigenvalue weighted by molar-refractivity contribution is -0.115. The molecule has 0 aliphatic carbocycles. The Labute approximate surface area is 176 Å².